The number of nitrogens with zero attached hydrogens (tertiary/aromatic N) is 1. The van der Waals surface area contributed by atoms with Crippen molar-refractivity contribution in [2.24, 2.45) is 0 Å². The van der Waals surface area contributed by atoms with E-state index in [4.69, 9.17) is 4.42 Å². The van der Waals surface area contributed by atoms with Gasteiger partial charge in [0.05, 0.1) is 5.69 Å². The van der Waals surface area contributed by atoms with Gasteiger partial charge in [-0.1, -0.05) is 140 Å². The second kappa shape index (κ2) is 11.8. The molecule has 0 saturated heterocycles. The van der Waals surface area contributed by atoms with Crippen molar-refractivity contribution in [1.82, 2.24) is 0 Å². The molecule has 48 heavy (non-hydrogen) atoms. The maximum Gasteiger partial charge on any atom is 0.136 e. The standard InChI is InChI=1S/C46H31NO/c1-2-12-32(13-3-1)33-24-27-37(28-25-33)47(38-17-10-16-35(30-38)40-21-11-15-34-14-4-5-18-39(34)40)44-22-8-6-19-41(44)36-26-29-43-42-20-7-9-23-45(42)48-46(43)31-36/h1-31H. The van der Waals surface area contributed by atoms with Crippen LogP contribution < -0.4 is 4.90 Å². The maximum absolute atomic E-state index is 6.33. The molecule has 1 heterocycles. The van der Waals surface area contributed by atoms with E-state index in [1.807, 2.05) is 12.1 Å². The molecule has 9 aromatic rings. The number of para-hydroxylation sites is 2. The number of furan rings is 1. The Bertz CT molecular complexity index is 2560. The van der Waals surface area contributed by atoms with Gasteiger partial charge in [0.25, 0.3) is 0 Å². The fourth-order valence-corrected chi connectivity index (χ4v) is 6.96. The molecule has 0 radical (unpaired) electrons. The fraction of sp³-hybridized carbons (Fsp3) is 0. The number of hydrogen-bond donors (Lipinski definition) is 0. The summed E-state index contributed by atoms with van der Waals surface area (Å²) >= 11 is 0. The second-order valence-corrected chi connectivity index (χ2v) is 12.2. The van der Waals surface area contributed by atoms with Crippen molar-refractivity contribution in [1.29, 1.82) is 0 Å². The zero-order valence-electron chi connectivity index (χ0n) is 26.3. The smallest absolute Gasteiger partial charge is 0.136 e. The van der Waals surface area contributed by atoms with Crippen LogP contribution in [-0.4, -0.2) is 0 Å². The van der Waals surface area contributed by atoms with Crippen LogP contribution in [0.2, 0.25) is 0 Å². The SMILES string of the molecule is c1ccc(-c2ccc(N(c3cccc(-c4cccc5ccccc45)c3)c3ccccc3-c3ccc4c(c3)oc3ccccc34)cc2)cc1. The molecule has 0 bridgehead atoms. The van der Waals surface area contributed by atoms with Gasteiger partial charge in [-0.25, -0.2) is 0 Å². The highest BCUT2D eigenvalue weighted by atomic mass is 16.3. The Balaban J connectivity index is 1.22. The predicted molar refractivity (Wildman–Crippen MR) is 202 cm³/mol. The molecule has 0 N–H and O–H groups in total. The third-order valence-corrected chi connectivity index (χ3v) is 9.27. The number of fused-ring (bicyclic) bond motifs is 4. The average molecular weight is 614 g/mol. The van der Waals surface area contributed by atoms with E-state index in [2.05, 4.69) is 181 Å². The molecule has 0 spiro atoms. The highest BCUT2D eigenvalue weighted by molar-refractivity contribution is 6.06. The lowest BCUT2D eigenvalue weighted by Crippen LogP contribution is -2.11. The first-order valence-corrected chi connectivity index (χ1v) is 16.3. The minimum Gasteiger partial charge on any atom is -0.456 e. The molecule has 2 nitrogen and oxygen atoms in total. The number of benzene rings is 8. The van der Waals surface area contributed by atoms with E-state index in [1.165, 1.54) is 33.0 Å². The predicted octanol–water partition coefficient (Wildman–Crippen LogP) is 13.2. The Morgan fingerprint density at radius 3 is 1.83 bits per heavy atom. The first-order valence-electron chi connectivity index (χ1n) is 16.3. The molecule has 226 valence electrons. The molecule has 8 aromatic carbocycles. The van der Waals surface area contributed by atoms with Crippen molar-refractivity contribution in [2.45, 2.75) is 0 Å². The Morgan fingerprint density at radius 2 is 0.938 bits per heavy atom. The quantitative estimate of drug-likeness (QED) is 0.185. The monoisotopic (exact) mass is 613 g/mol. The molecular formula is C46H31NO. The minimum absolute atomic E-state index is 0.889. The summed E-state index contributed by atoms with van der Waals surface area (Å²) in [5.74, 6) is 0. The molecule has 0 saturated carbocycles. The third kappa shape index (κ3) is 4.92. The molecule has 0 fully saturated rings. The summed E-state index contributed by atoms with van der Waals surface area (Å²) in [7, 11) is 0. The van der Waals surface area contributed by atoms with Gasteiger partial charge in [-0.05, 0) is 87.1 Å². The maximum atomic E-state index is 6.33. The fourth-order valence-electron chi connectivity index (χ4n) is 6.96. The molecule has 0 atom stereocenters. The normalized spacial score (nSPS) is 11.3. The van der Waals surface area contributed by atoms with Gasteiger partial charge in [-0.2, -0.15) is 0 Å². The summed E-state index contributed by atoms with van der Waals surface area (Å²) in [4.78, 5) is 2.38. The second-order valence-electron chi connectivity index (χ2n) is 12.2. The van der Waals surface area contributed by atoms with Gasteiger partial charge in [0.1, 0.15) is 11.2 Å². The van der Waals surface area contributed by atoms with Crippen molar-refractivity contribution in [3.05, 3.63) is 188 Å². The molecule has 9 rings (SSSR count). The summed E-state index contributed by atoms with van der Waals surface area (Å²) in [6.45, 7) is 0. The van der Waals surface area contributed by atoms with Crippen LogP contribution >= 0.6 is 0 Å². The van der Waals surface area contributed by atoms with Crippen LogP contribution in [0.5, 0.6) is 0 Å². The van der Waals surface area contributed by atoms with Gasteiger partial charge in [0, 0.05) is 27.7 Å². The molecule has 2 heteroatoms. The lowest BCUT2D eigenvalue weighted by molar-refractivity contribution is 0.669. The van der Waals surface area contributed by atoms with Crippen LogP contribution in [0.3, 0.4) is 0 Å². The van der Waals surface area contributed by atoms with Crippen LogP contribution in [-0.2, 0) is 0 Å². The molecule has 0 aliphatic rings. The van der Waals surface area contributed by atoms with Crippen LogP contribution in [0.25, 0.3) is 66.1 Å². The Kier molecular flexibility index (Phi) is 6.84. The van der Waals surface area contributed by atoms with Crippen LogP contribution in [0.4, 0.5) is 17.1 Å². The van der Waals surface area contributed by atoms with Gasteiger partial charge >= 0.3 is 0 Å². The van der Waals surface area contributed by atoms with Gasteiger partial charge < -0.3 is 9.32 Å². The summed E-state index contributed by atoms with van der Waals surface area (Å²) in [5.41, 5.74) is 12.1. The van der Waals surface area contributed by atoms with Crippen molar-refractivity contribution >= 4 is 49.8 Å². The van der Waals surface area contributed by atoms with Crippen LogP contribution in [0.15, 0.2) is 192 Å². The lowest BCUT2D eigenvalue weighted by atomic mass is 9.97. The largest absolute Gasteiger partial charge is 0.456 e. The van der Waals surface area contributed by atoms with Crippen molar-refractivity contribution in [3.8, 4) is 33.4 Å². The van der Waals surface area contributed by atoms with E-state index >= 15 is 0 Å². The first-order chi connectivity index (χ1) is 23.8. The Hall–Kier alpha value is -6.38. The molecule has 1 aromatic heterocycles. The first kappa shape index (κ1) is 27.9. The van der Waals surface area contributed by atoms with E-state index in [0.29, 0.717) is 0 Å². The molecule has 0 amide bonds. The number of rotatable bonds is 6. The zero-order valence-corrected chi connectivity index (χ0v) is 26.3. The highest BCUT2D eigenvalue weighted by Gasteiger charge is 2.19. The molecule has 0 aliphatic heterocycles. The third-order valence-electron chi connectivity index (χ3n) is 9.27. The summed E-state index contributed by atoms with van der Waals surface area (Å²) in [6.07, 6.45) is 0. The average Bonchev–Trinajstić information content (AvgIpc) is 3.54. The van der Waals surface area contributed by atoms with Crippen LogP contribution in [0, 0.1) is 0 Å². The molecular weight excluding hydrogens is 583 g/mol. The molecule has 0 aliphatic carbocycles. The summed E-state index contributed by atoms with van der Waals surface area (Å²) in [6, 6.07) is 67.0. The number of anilines is 3. The zero-order chi connectivity index (χ0) is 31.9. The van der Waals surface area contributed by atoms with E-state index < -0.39 is 0 Å². The van der Waals surface area contributed by atoms with Gasteiger partial charge in [-0.15, -0.1) is 0 Å². The topological polar surface area (TPSA) is 16.4 Å². The number of hydrogen-bond acceptors (Lipinski definition) is 2. The van der Waals surface area contributed by atoms with Crippen LogP contribution in [0.1, 0.15) is 0 Å². The minimum atomic E-state index is 0.889. The Morgan fingerprint density at radius 1 is 0.333 bits per heavy atom. The van der Waals surface area contributed by atoms with E-state index in [0.717, 1.165) is 50.1 Å². The van der Waals surface area contributed by atoms with Crippen molar-refractivity contribution < 1.29 is 4.42 Å². The van der Waals surface area contributed by atoms with Gasteiger partial charge in [0.2, 0.25) is 0 Å². The summed E-state index contributed by atoms with van der Waals surface area (Å²) < 4.78 is 6.33. The van der Waals surface area contributed by atoms with Crippen molar-refractivity contribution in [3.63, 3.8) is 0 Å². The molecule has 0 unspecified atom stereocenters. The van der Waals surface area contributed by atoms with E-state index in [-0.39, 0.29) is 0 Å². The summed E-state index contributed by atoms with van der Waals surface area (Å²) in [5, 5.41) is 4.75. The van der Waals surface area contributed by atoms with Gasteiger partial charge in [-0.3, -0.25) is 0 Å². The highest BCUT2D eigenvalue weighted by Crippen LogP contribution is 2.43. The van der Waals surface area contributed by atoms with E-state index in [1.54, 1.807) is 0 Å². The van der Waals surface area contributed by atoms with Crippen molar-refractivity contribution in [2.75, 3.05) is 4.90 Å². The lowest BCUT2D eigenvalue weighted by Gasteiger charge is -2.28. The van der Waals surface area contributed by atoms with E-state index in [9.17, 15) is 0 Å². The van der Waals surface area contributed by atoms with Gasteiger partial charge in [0.15, 0.2) is 0 Å². The Labute approximate surface area is 279 Å².